The fourth-order valence-corrected chi connectivity index (χ4v) is 3.96. The van der Waals surface area contributed by atoms with Crippen LogP contribution in [0.1, 0.15) is 51.4 Å². The van der Waals surface area contributed by atoms with Crippen LogP contribution in [-0.4, -0.2) is 28.2 Å². The first-order valence-corrected chi connectivity index (χ1v) is 9.56. The van der Waals surface area contributed by atoms with Crippen LogP contribution in [0, 0.1) is 6.92 Å². The minimum atomic E-state index is -0.0574. The van der Waals surface area contributed by atoms with Gasteiger partial charge in [-0.05, 0) is 49.5 Å². The number of carbonyl (C=O) groups excluding carboxylic acids is 1. The Labute approximate surface area is 163 Å². The van der Waals surface area contributed by atoms with Gasteiger partial charge in [-0.15, -0.1) is 0 Å². The van der Waals surface area contributed by atoms with Gasteiger partial charge in [0.15, 0.2) is 10.9 Å². The number of rotatable bonds is 2. The molecule has 2 aromatic rings. The molecule has 27 heavy (non-hydrogen) atoms. The second-order valence-electron chi connectivity index (χ2n) is 6.99. The van der Waals surface area contributed by atoms with Crippen LogP contribution in [-0.2, 0) is 19.4 Å². The van der Waals surface area contributed by atoms with Crippen molar-refractivity contribution in [2.24, 2.45) is 10.8 Å². The minimum Gasteiger partial charge on any atom is -0.455 e. The lowest BCUT2D eigenvalue weighted by molar-refractivity contribution is 0.0699. The summed E-state index contributed by atoms with van der Waals surface area (Å²) in [6.07, 6.45) is 3.39. The molecule has 2 aliphatic rings. The SMILES string of the molecule is Cc1c(C(=O)N2CCc3ccccc3C2)oc2c1/C(=N/NC(N)=S)CCC2. The number of nitrogens with one attached hydrogen (secondary N) is 1. The summed E-state index contributed by atoms with van der Waals surface area (Å²) in [5.74, 6) is 1.19. The molecule has 3 N–H and O–H groups in total. The zero-order valence-corrected chi connectivity index (χ0v) is 16.1. The van der Waals surface area contributed by atoms with E-state index in [4.69, 9.17) is 22.4 Å². The Bertz CT molecular complexity index is 947. The Hall–Kier alpha value is -2.67. The van der Waals surface area contributed by atoms with Gasteiger partial charge in [-0.3, -0.25) is 10.2 Å². The lowest BCUT2D eigenvalue weighted by Crippen LogP contribution is -2.36. The predicted octanol–water partition coefficient (Wildman–Crippen LogP) is 2.66. The van der Waals surface area contributed by atoms with E-state index >= 15 is 0 Å². The molecular weight excluding hydrogens is 360 g/mol. The van der Waals surface area contributed by atoms with E-state index in [1.54, 1.807) is 0 Å². The first-order chi connectivity index (χ1) is 13.0. The van der Waals surface area contributed by atoms with Gasteiger partial charge in [-0.25, -0.2) is 0 Å². The number of hydrogen-bond acceptors (Lipinski definition) is 4. The largest absolute Gasteiger partial charge is 0.455 e. The van der Waals surface area contributed by atoms with Crippen molar-refractivity contribution in [3.05, 3.63) is 58.0 Å². The summed E-state index contributed by atoms with van der Waals surface area (Å²) < 4.78 is 6.01. The van der Waals surface area contributed by atoms with E-state index in [1.807, 2.05) is 24.0 Å². The summed E-state index contributed by atoms with van der Waals surface area (Å²) in [6.45, 7) is 3.24. The Balaban J connectivity index is 1.63. The molecule has 0 spiro atoms. The van der Waals surface area contributed by atoms with Crippen LogP contribution in [0.2, 0.25) is 0 Å². The van der Waals surface area contributed by atoms with Crippen molar-refractivity contribution in [3.63, 3.8) is 0 Å². The van der Waals surface area contributed by atoms with Crippen molar-refractivity contribution in [2.75, 3.05) is 6.54 Å². The lowest BCUT2D eigenvalue weighted by Gasteiger charge is -2.28. The van der Waals surface area contributed by atoms with E-state index < -0.39 is 0 Å². The van der Waals surface area contributed by atoms with Crippen molar-refractivity contribution in [2.45, 2.75) is 39.2 Å². The number of furan rings is 1. The van der Waals surface area contributed by atoms with E-state index in [-0.39, 0.29) is 11.0 Å². The van der Waals surface area contributed by atoms with E-state index in [2.05, 4.69) is 22.7 Å². The molecule has 1 aromatic heterocycles. The van der Waals surface area contributed by atoms with E-state index in [0.717, 1.165) is 48.3 Å². The molecule has 1 aliphatic heterocycles. The topological polar surface area (TPSA) is 83.9 Å². The number of nitrogens with zero attached hydrogens (tertiary/aromatic N) is 2. The number of hydrazone groups is 1. The molecule has 0 saturated heterocycles. The quantitative estimate of drug-likeness (QED) is 0.616. The maximum atomic E-state index is 13.2. The second-order valence-corrected chi connectivity index (χ2v) is 7.43. The Morgan fingerprint density at radius 2 is 2.04 bits per heavy atom. The molecule has 7 heteroatoms. The fourth-order valence-electron chi connectivity index (χ4n) is 3.92. The first kappa shape index (κ1) is 17.7. The lowest BCUT2D eigenvalue weighted by atomic mass is 9.93. The number of fused-ring (bicyclic) bond motifs is 2. The van der Waals surface area contributed by atoms with Gasteiger partial charge < -0.3 is 15.1 Å². The van der Waals surface area contributed by atoms with Crippen LogP contribution < -0.4 is 11.2 Å². The first-order valence-electron chi connectivity index (χ1n) is 9.15. The Kier molecular flexibility index (Phi) is 4.70. The van der Waals surface area contributed by atoms with Gasteiger partial charge in [0, 0.05) is 30.6 Å². The molecule has 0 radical (unpaired) electrons. The summed E-state index contributed by atoms with van der Waals surface area (Å²) >= 11 is 4.84. The summed E-state index contributed by atoms with van der Waals surface area (Å²) in [4.78, 5) is 15.0. The molecule has 2 heterocycles. The molecule has 0 unspecified atom stereocenters. The molecule has 4 rings (SSSR count). The van der Waals surface area contributed by atoms with Crippen LogP contribution in [0.25, 0.3) is 0 Å². The van der Waals surface area contributed by atoms with Crippen molar-refractivity contribution in [1.82, 2.24) is 10.3 Å². The van der Waals surface area contributed by atoms with Gasteiger partial charge in [0.2, 0.25) is 0 Å². The number of amides is 1. The molecule has 1 aromatic carbocycles. The fraction of sp³-hybridized carbons (Fsp3) is 0.350. The minimum absolute atomic E-state index is 0.0574. The maximum Gasteiger partial charge on any atom is 0.290 e. The zero-order chi connectivity index (χ0) is 19.0. The summed E-state index contributed by atoms with van der Waals surface area (Å²) in [7, 11) is 0. The van der Waals surface area contributed by atoms with Gasteiger partial charge in [-0.1, -0.05) is 24.3 Å². The average molecular weight is 382 g/mol. The van der Waals surface area contributed by atoms with Crippen molar-refractivity contribution < 1.29 is 9.21 Å². The zero-order valence-electron chi connectivity index (χ0n) is 15.2. The molecule has 6 nitrogen and oxygen atoms in total. The van der Waals surface area contributed by atoms with Gasteiger partial charge in [0.25, 0.3) is 5.91 Å². The van der Waals surface area contributed by atoms with Gasteiger partial charge in [0.05, 0.1) is 5.71 Å². The third-order valence-corrected chi connectivity index (χ3v) is 5.33. The highest BCUT2D eigenvalue weighted by molar-refractivity contribution is 7.80. The molecule has 1 aliphatic carbocycles. The number of nitrogens with two attached hydrogens (primary N) is 1. The summed E-state index contributed by atoms with van der Waals surface area (Å²) in [5.41, 5.74) is 13.3. The van der Waals surface area contributed by atoms with E-state index in [9.17, 15) is 4.79 Å². The number of hydrogen-bond donors (Lipinski definition) is 2. The normalized spacial score (nSPS) is 17.4. The van der Waals surface area contributed by atoms with Crippen LogP contribution in [0.3, 0.4) is 0 Å². The van der Waals surface area contributed by atoms with Gasteiger partial charge >= 0.3 is 0 Å². The number of thiocarbonyl (C=S) groups is 1. The van der Waals surface area contributed by atoms with E-state index in [1.165, 1.54) is 11.1 Å². The van der Waals surface area contributed by atoms with Crippen molar-refractivity contribution in [3.8, 4) is 0 Å². The standard InChI is InChI=1S/C20H22N4O2S/c1-12-17-15(22-23-20(21)27)7-4-8-16(17)26-18(12)19(25)24-10-9-13-5-2-3-6-14(13)11-24/h2-3,5-6H,4,7-11H2,1H3,(H3,21,23,27)/b22-15+. The van der Waals surface area contributed by atoms with Crippen LogP contribution in [0.5, 0.6) is 0 Å². The molecule has 0 bridgehead atoms. The van der Waals surface area contributed by atoms with Crippen LogP contribution in [0.4, 0.5) is 0 Å². The maximum absolute atomic E-state index is 13.2. The predicted molar refractivity (Wildman–Crippen MR) is 108 cm³/mol. The summed E-state index contributed by atoms with van der Waals surface area (Å²) in [5, 5.41) is 4.44. The monoisotopic (exact) mass is 382 g/mol. The molecule has 1 amide bonds. The Morgan fingerprint density at radius 3 is 2.81 bits per heavy atom. The molecule has 0 fully saturated rings. The summed E-state index contributed by atoms with van der Waals surface area (Å²) in [6, 6.07) is 8.27. The Morgan fingerprint density at radius 1 is 1.26 bits per heavy atom. The molecular formula is C20H22N4O2S. The molecule has 140 valence electrons. The second kappa shape index (κ2) is 7.15. The van der Waals surface area contributed by atoms with Crippen molar-refractivity contribution >= 4 is 28.9 Å². The smallest absolute Gasteiger partial charge is 0.290 e. The third-order valence-electron chi connectivity index (χ3n) is 5.24. The number of carbonyl (C=O) groups is 1. The van der Waals surface area contributed by atoms with E-state index in [0.29, 0.717) is 18.8 Å². The van der Waals surface area contributed by atoms with Gasteiger partial charge in [-0.2, -0.15) is 5.10 Å². The third kappa shape index (κ3) is 3.35. The van der Waals surface area contributed by atoms with Gasteiger partial charge in [0.1, 0.15) is 5.76 Å². The number of benzene rings is 1. The molecule has 0 atom stereocenters. The highest BCUT2D eigenvalue weighted by atomic mass is 32.1. The van der Waals surface area contributed by atoms with Crippen LogP contribution in [0.15, 0.2) is 33.8 Å². The highest BCUT2D eigenvalue weighted by Gasteiger charge is 2.31. The van der Waals surface area contributed by atoms with Crippen molar-refractivity contribution in [1.29, 1.82) is 0 Å². The van der Waals surface area contributed by atoms with Crippen LogP contribution >= 0.6 is 12.2 Å². The number of aryl methyl sites for hydroxylation is 1. The average Bonchev–Trinajstić information content (AvgIpc) is 3.02. The highest BCUT2D eigenvalue weighted by Crippen LogP contribution is 2.31. The molecule has 0 saturated carbocycles.